The van der Waals surface area contributed by atoms with Crippen LogP contribution in [0.4, 0.5) is 0 Å². The summed E-state index contributed by atoms with van der Waals surface area (Å²) in [5, 5.41) is 32.9. The molecular weight excluding hydrogens is 354 g/mol. The van der Waals surface area contributed by atoms with Crippen molar-refractivity contribution in [2.45, 2.75) is 36.7 Å². The van der Waals surface area contributed by atoms with Crippen LogP contribution in [-0.4, -0.2) is 63.6 Å². The Labute approximate surface area is 147 Å². The number of aliphatic carboxylic acids is 2. The fraction of sp³-hybridized carbons (Fsp3) is 0.571. The van der Waals surface area contributed by atoms with E-state index in [1.54, 1.807) is 0 Å². The number of carboxylic acid groups (broad SMARTS) is 2. The van der Waals surface area contributed by atoms with E-state index in [4.69, 9.17) is 0 Å². The third kappa shape index (κ3) is 3.94. The summed E-state index contributed by atoms with van der Waals surface area (Å²) in [4.78, 5) is 46.9. The molecule has 0 aromatic carbocycles. The zero-order valence-corrected chi connectivity index (χ0v) is 14.0. The fourth-order valence-electron chi connectivity index (χ4n) is 2.67. The Morgan fingerprint density at radius 3 is 2.64 bits per heavy atom. The van der Waals surface area contributed by atoms with Gasteiger partial charge in [0.25, 0.3) is 5.91 Å². The number of hydrogen-bond donors (Lipinski definition) is 3. The van der Waals surface area contributed by atoms with E-state index in [2.05, 4.69) is 11.1 Å². The second-order valence-electron chi connectivity index (χ2n) is 5.76. The molecule has 0 saturated carbocycles. The number of carbonyl (C=O) groups excluding carboxylic acids is 4. The normalized spacial score (nSPS) is 23.6. The molecule has 0 aliphatic carbocycles. The molecule has 11 heteroatoms. The van der Waals surface area contributed by atoms with Gasteiger partial charge >= 0.3 is 0 Å². The third-order valence-electron chi connectivity index (χ3n) is 4.04. The highest BCUT2D eigenvalue weighted by molar-refractivity contribution is 8.00. The highest BCUT2D eigenvalue weighted by atomic mass is 32.2. The molecule has 5 N–H and O–H groups in total. The van der Waals surface area contributed by atoms with Crippen molar-refractivity contribution in [2.75, 3.05) is 12.4 Å². The monoisotopic (exact) mass is 372 g/mol. The molecule has 1 fully saturated rings. The number of quaternary nitrogens is 1. The maximum atomic E-state index is 12.2. The van der Waals surface area contributed by atoms with Crippen LogP contribution in [0.2, 0.25) is 0 Å². The lowest BCUT2D eigenvalue weighted by molar-refractivity contribution is -0.438. The van der Waals surface area contributed by atoms with Crippen LogP contribution < -0.4 is 21.3 Å². The number of rotatable bonds is 8. The summed E-state index contributed by atoms with van der Waals surface area (Å²) in [6, 6.07) is -1.76. The number of aliphatic hydroxyl groups excluding tert-OH is 1. The third-order valence-corrected chi connectivity index (χ3v) is 5.38. The summed E-state index contributed by atoms with van der Waals surface area (Å²) in [5.41, 5.74) is 3.24. The van der Waals surface area contributed by atoms with Crippen LogP contribution in [-0.2, 0) is 19.2 Å². The van der Waals surface area contributed by atoms with Gasteiger partial charge < -0.3 is 36.0 Å². The predicted molar refractivity (Wildman–Crippen MR) is 79.7 cm³/mol. The largest absolute Gasteiger partial charge is 0.544 e. The van der Waals surface area contributed by atoms with Gasteiger partial charge in [-0.3, -0.25) is 14.5 Å². The van der Waals surface area contributed by atoms with Crippen LogP contribution in [0, 0.1) is 0 Å². The van der Waals surface area contributed by atoms with Crippen molar-refractivity contribution in [3.8, 4) is 0 Å². The lowest BCUT2D eigenvalue weighted by Gasteiger charge is -2.50. The van der Waals surface area contributed by atoms with Crippen molar-refractivity contribution in [2.24, 2.45) is 0 Å². The molecule has 0 unspecified atom stereocenters. The molecule has 2 aliphatic rings. The minimum absolute atomic E-state index is 0.0194. The number of nitrogens with zero attached hydrogens (tertiary/aromatic N) is 1. The molecule has 2 rings (SSSR count). The van der Waals surface area contributed by atoms with Gasteiger partial charge in [-0.05, 0) is 12.0 Å². The molecule has 2 heterocycles. The smallest absolute Gasteiger partial charge is 0.253 e. The van der Waals surface area contributed by atoms with E-state index in [0.29, 0.717) is 0 Å². The van der Waals surface area contributed by atoms with Gasteiger partial charge in [0.15, 0.2) is 0 Å². The van der Waals surface area contributed by atoms with E-state index in [1.165, 1.54) is 11.8 Å². The second-order valence-corrected chi connectivity index (χ2v) is 6.87. The molecule has 10 nitrogen and oxygen atoms in total. The van der Waals surface area contributed by atoms with E-state index < -0.39 is 47.8 Å². The van der Waals surface area contributed by atoms with Crippen molar-refractivity contribution in [3.63, 3.8) is 0 Å². The van der Waals surface area contributed by atoms with E-state index in [0.717, 1.165) is 4.90 Å². The molecule has 2 amide bonds. The van der Waals surface area contributed by atoms with Crippen LogP contribution in [0.25, 0.3) is 0 Å². The van der Waals surface area contributed by atoms with Crippen LogP contribution >= 0.6 is 11.8 Å². The Morgan fingerprint density at radius 1 is 1.40 bits per heavy atom. The molecule has 2 aliphatic heterocycles. The van der Waals surface area contributed by atoms with E-state index >= 15 is 0 Å². The number of hydrogen-bond acceptors (Lipinski definition) is 8. The van der Waals surface area contributed by atoms with Crippen molar-refractivity contribution < 1.29 is 40.2 Å². The van der Waals surface area contributed by atoms with Gasteiger partial charge in [-0.15, -0.1) is 11.8 Å². The SMILES string of the molecule is [NH3+][C@H](CCCC(=O)N[C@@H]1C(=O)N2C(C(=O)[O-])=C(CO)CS[C@H]12)C(=O)[O-]. The minimum atomic E-state index is -1.55. The Kier molecular flexibility index (Phi) is 6.03. The van der Waals surface area contributed by atoms with E-state index in [-0.39, 0.29) is 36.3 Å². The first-order valence-corrected chi connectivity index (χ1v) is 8.65. The van der Waals surface area contributed by atoms with E-state index in [1.807, 2.05) is 0 Å². The molecule has 1 saturated heterocycles. The summed E-state index contributed by atoms with van der Waals surface area (Å²) in [7, 11) is 0. The summed E-state index contributed by atoms with van der Waals surface area (Å²) >= 11 is 1.24. The first kappa shape index (κ1) is 19.2. The van der Waals surface area contributed by atoms with Crippen LogP contribution in [0.1, 0.15) is 19.3 Å². The molecule has 0 spiro atoms. The molecule has 0 aromatic rings. The number of nitrogens with one attached hydrogen (secondary N) is 1. The Balaban J connectivity index is 1.91. The van der Waals surface area contributed by atoms with Crippen molar-refractivity contribution in [3.05, 3.63) is 11.3 Å². The highest BCUT2D eigenvalue weighted by Crippen LogP contribution is 2.39. The van der Waals surface area contributed by atoms with Crippen LogP contribution in [0.5, 0.6) is 0 Å². The van der Waals surface area contributed by atoms with Gasteiger partial charge in [-0.2, -0.15) is 0 Å². The van der Waals surface area contributed by atoms with Gasteiger partial charge in [0.2, 0.25) is 5.91 Å². The number of fused-ring (bicyclic) bond motifs is 1. The van der Waals surface area contributed by atoms with Crippen LogP contribution in [0.3, 0.4) is 0 Å². The maximum absolute atomic E-state index is 12.2. The van der Waals surface area contributed by atoms with E-state index in [9.17, 15) is 34.5 Å². The molecule has 0 aromatic heterocycles. The molecule has 138 valence electrons. The first-order chi connectivity index (χ1) is 11.8. The lowest BCUT2D eigenvalue weighted by Crippen LogP contribution is -2.71. The summed E-state index contributed by atoms with van der Waals surface area (Å²) < 4.78 is 0. The Bertz CT molecular complexity index is 636. The van der Waals surface area contributed by atoms with Crippen molar-refractivity contribution >= 4 is 35.5 Å². The lowest BCUT2D eigenvalue weighted by atomic mass is 10.0. The molecule has 0 radical (unpaired) electrons. The van der Waals surface area contributed by atoms with Gasteiger partial charge in [-0.25, -0.2) is 0 Å². The van der Waals surface area contributed by atoms with Gasteiger partial charge in [0, 0.05) is 18.6 Å². The summed E-state index contributed by atoms with van der Waals surface area (Å²) in [5.74, 6) is -3.63. The highest BCUT2D eigenvalue weighted by Gasteiger charge is 2.52. The average molecular weight is 372 g/mol. The van der Waals surface area contributed by atoms with Gasteiger partial charge in [0.05, 0.1) is 24.2 Å². The average Bonchev–Trinajstić information content (AvgIpc) is 2.57. The number of aliphatic hydroxyl groups is 1. The number of thioether (sulfide) groups is 1. The molecule has 3 atom stereocenters. The number of carbonyl (C=O) groups is 4. The summed E-state index contributed by atoms with van der Waals surface area (Å²) in [6.45, 7) is -0.492. The molecular formula is C14H18N3O7S-. The summed E-state index contributed by atoms with van der Waals surface area (Å²) in [6.07, 6.45) is 0.469. The molecule has 25 heavy (non-hydrogen) atoms. The van der Waals surface area contributed by atoms with Gasteiger partial charge in [-0.1, -0.05) is 0 Å². The minimum Gasteiger partial charge on any atom is -0.544 e. The predicted octanol–water partition coefficient (Wildman–Crippen LogP) is -5.09. The maximum Gasteiger partial charge on any atom is 0.253 e. The van der Waals surface area contributed by atoms with Gasteiger partial charge in [0.1, 0.15) is 17.5 Å². The van der Waals surface area contributed by atoms with Crippen molar-refractivity contribution in [1.29, 1.82) is 0 Å². The second kappa shape index (κ2) is 7.85. The number of carboxylic acids is 2. The standard InChI is InChI=1S/C14H19N3O7S/c15-7(13(21)22)2-1-3-8(19)16-9-11(20)17-10(14(23)24)6(4-18)5-25-12(9)17/h7,9,12,18H,1-5,15H2,(H,16,19)(H,21,22)(H,23,24)/p-1/t7-,9-,12-/m1/s1. The quantitative estimate of drug-likeness (QED) is 0.354. The fourth-order valence-corrected chi connectivity index (χ4v) is 4.00. The molecule has 0 bridgehead atoms. The zero-order chi connectivity index (χ0) is 18.7. The van der Waals surface area contributed by atoms with Crippen molar-refractivity contribution in [1.82, 2.24) is 10.2 Å². The number of β-lactam (4-membered cyclic amide) rings is 1. The first-order valence-electron chi connectivity index (χ1n) is 7.60. The zero-order valence-electron chi connectivity index (χ0n) is 13.2. The Hall–Kier alpha value is -2.11. The topological polar surface area (TPSA) is 178 Å². The number of amides is 2. The van der Waals surface area contributed by atoms with Crippen LogP contribution in [0.15, 0.2) is 11.3 Å². The Morgan fingerprint density at radius 2 is 2.08 bits per heavy atom.